The second kappa shape index (κ2) is 6.01. The number of anilines is 2. The molecule has 0 bridgehead atoms. The van der Waals surface area contributed by atoms with Gasteiger partial charge in [-0.1, -0.05) is 0 Å². The Hall–Kier alpha value is -1.63. The highest BCUT2D eigenvalue weighted by atomic mass is 16.5. The first-order chi connectivity index (χ1) is 9.04. The average Bonchev–Trinajstić information content (AvgIpc) is 3.10. The van der Waals surface area contributed by atoms with Crippen molar-refractivity contribution in [2.75, 3.05) is 31.2 Å². The highest BCUT2D eigenvalue weighted by Crippen LogP contribution is 2.24. The highest BCUT2D eigenvalue weighted by molar-refractivity contribution is 5.32. The minimum atomic E-state index is 0.00986. The molecule has 0 aliphatic heterocycles. The molecule has 0 aromatic carbocycles. The minimum absolute atomic E-state index is 0.00986. The van der Waals surface area contributed by atoms with Crippen LogP contribution in [0.5, 0.6) is 6.01 Å². The van der Waals surface area contributed by atoms with Crippen LogP contribution in [0, 0.1) is 0 Å². The fourth-order valence-corrected chi connectivity index (χ4v) is 1.76. The molecule has 7 heteroatoms. The Balaban J connectivity index is 1.86. The maximum atomic E-state index is 5.63. The third-order valence-electron chi connectivity index (χ3n) is 2.89. The van der Waals surface area contributed by atoms with Crippen LogP contribution in [0.25, 0.3) is 0 Å². The Kier molecular flexibility index (Phi) is 4.36. The predicted molar refractivity (Wildman–Crippen MR) is 74.1 cm³/mol. The largest absolute Gasteiger partial charge is 0.461 e. The van der Waals surface area contributed by atoms with Crippen LogP contribution in [0.4, 0.5) is 11.9 Å². The topological polar surface area (TPSA) is 89.2 Å². The molecule has 1 aromatic rings. The number of hydrogen-bond donors (Lipinski definition) is 2. The smallest absolute Gasteiger partial charge is 0.323 e. The second-order valence-electron chi connectivity index (χ2n) is 5.10. The molecule has 1 aliphatic rings. The van der Waals surface area contributed by atoms with E-state index in [1.165, 1.54) is 12.8 Å². The van der Waals surface area contributed by atoms with E-state index < -0.39 is 0 Å². The predicted octanol–water partition coefficient (Wildman–Crippen LogP) is 0.747. The molecule has 0 amide bonds. The molecular weight excluding hydrogens is 244 g/mol. The van der Waals surface area contributed by atoms with Gasteiger partial charge in [-0.3, -0.25) is 0 Å². The van der Waals surface area contributed by atoms with Crippen molar-refractivity contribution in [3.8, 4) is 6.01 Å². The number of nitrogens with one attached hydrogen (secondary N) is 1. The highest BCUT2D eigenvalue weighted by Gasteiger charge is 2.25. The zero-order valence-corrected chi connectivity index (χ0v) is 11.8. The van der Waals surface area contributed by atoms with E-state index >= 15 is 0 Å². The molecule has 1 aliphatic carbocycles. The summed E-state index contributed by atoms with van der Waals surface area (Å²) in [6.07, 6.45) is 2.62. The van der Waals surface area contributed by atoms with Crippen LogP contribution < -0.4 is 15.8 Å². The van der Waals surface area contributed by atoms with Gasteiger partial charge in [0.05, 0.1) is 6.10 Å². The van der Waals surface area contributed by atoms with Crippen LogP contribution in [-0.2, 0) is 0 Å². The monoisotopic (exact) mass is 266 g/mol. The Bertz CT molecular complexity index is 421. The van der Waals surface area contributed by atoms with Crippen LogP contribution in [0.15, 0.2) is 0 Å². The summed E-state index contributed by atoms with van der Waals surface area (Å²) in [5.41, 5.74) is 5.63. The molecule has 0 saturated heterocycles. The standard InChI is InChI=1S/C12H22N6O/c1-8(2)19-12-16-10(13)15-11(17-12)14-6-7-18(3)9-4-5-9/h8-9H,4-7H2,1-3H3,(H3,13,14,15,16,17). The summed E-state index contributed by atoms with van der Waals surface area (Å²) in [4.78, 5) is 14.5. The van der Waals surface area contributed by atoms with Crippen LogP contribution in [0.3, 0.4) is 0 Å². The fourth-order valence-electron chi connectivity index (χ4n) is 1.76. The Morgan fingerprint density at radius 2 is 2.11 bits per heavy atom. The Morgan fingerprint density at radius 1 is 1.37 bits per heavy atom. The SMILES string of the molecule is CC(C)Oc1nc(N)nc(NCCN(C)C2CC2)n1. The molecule has 1 heterocycles. The van der Waals surface area contributed by atoms with Crippen molar-refractivity contribution in [1.29, 1.82) is 0 Å². The van der Waals surface area contributed by atoms with E-state index in [1.807, 2.05) is 13.8 Å². The van der Waals surface area contributed by atoms with Crippen molar-refractivity contribution in [3.63, 3.8) is 0 Å². The number of nitrogen functional groups attached to an aromatic ring is 1. The molecule has 1 fully saturated rings. The lowest BCUT2D eigenvalue weighted by atomic mass is 10.5. The van der Waals surface area contributed by atoms with Gasteiger partial charge in [-0.2, -0.15) is 15.0 Å². The van der Waals surface area contributed by atoms with Gasteiger partial charge < -0.3 is 20.7 Å². The maximum absolute atomic E-state index is 5.63. The molecule has 0 spiro atoms. The van der Waals surface area contributed by atoms with E-state index in [-0.39, 0.29) is 18.1 Å². The van der Waals surface area contributed by atoms with Crippen molar-refractivity contribution >= 4 is 11.9 Å². The number of nitrogens with zero attached hydrogens (tertiary/aromatic N) is 4. The van der Waals surface area contributed by atoms with Gasteiger partial charge in [-0.05, 0) is 33.7 Å². The third-order valence-corrected chi connectivity index (χ3v) is 2.89. The number of aromatic nitrogens is 3. The molecule has 19 heavy (non-hydrogen) atoms. The first kappa shape index (κ1) is 13.8. The van der Waals surface area contributed by atoms with Gasteiger partial charge in [0, 0.05) is 19.1 Å². The molecule has 0 radical (unpaired) electrons. The molecule has 1 saturated carbocycles. The number of likely N-dealkylation sites (N-methyl/N-ethyl adjacent to an activating group) is 1. The summed E-state index contributed by atoms with van der Waals surface area (Å²) >= 11 is 0. The zero-order valence-electron chi connectivity index (χ0n) is 11.8. The van der Waals surface area contributed by atoms with Crippen molar-refractivity contribution in [2.45, 2.75) is 38.8 Å². The summed E-state index contributed by atoms with van der Waals surface area (Å²) in [6.45, 7) is 5.56. The van der Waals surface area contributed by atoms with E-state index in [0.717, 1.165) is 19.1 Å². The zero-order chi connectivity index (χ0) is 13.8. The van der Waals surface area contributed by atoms with E-state index in [0.29, 0.717) is 5.95 Å². The first-order valence-corrected chi connectivity index (χ1v) is 6.67. The fraction of sp³-hybridized carbons (Fsp3) is 0.750. The molecule has 0 atom stereocenters. The van der Waals surface area contributed by atoms with Crippen molar-refractivity contribution in [3.05, 3.63) is 0 Å². The van der Waals surface area contributed by atoms with E-state index in [1.54, 1.807) is 0 Å². The molecule has 3 N–H and O–H groups in total. The molecule has 0 unspecified atom stereocenters. The van der Waals surface area contributed by atoms with Gasteiger partial charge >= 0.3 is 6.01 Å². The minimum Gasteiger partial charge on any atom is -0.461 e. The van der Waals surface area contributed by atoms with Crippen molar-refractivity contribution < 1.29 is 4.74 Å². The summed E-state index contributed by atoms with van der Waals surface area (Å²) in [5, 5.41) is 3.15. The summed E-state index contributed by atoms with van der Waals surface area (Å²) in [7, 11) is 2.13. The van der Waals surface area contributed by atoms with Gasteiger partial charge in [0.1, 0.15) is 0 Å². The third kappa shape index (κ3) is 4.51. The van der Waals surface area contributed by atoms with Gasteiger partial charge in [0.15, 0.2) is 0 Å². The normalized spacial score (nSPS) is 15.0. The summed E-state index contributed by atoms with van der Waals surface area (Å²) in [5.74, 6) is 0.635. The Labute approximate surface area is 113 Å². The van der Waals surface area contributed by atoms with Crippen molar-refractivity contribution in [1.82, 2.24) is 19.9 Å². The van der Waals surface area contributed by atoms with E-state index in [2.05, 4.69) is 32.2 Å². The quantitative estimate of drug-likeness (QED) is 0.752. The second-order valence-corrected chi connectivity index (χ2v) is 5.10. The summed E-state index contributed by atoms with van der Waals surface area (Å²) < 4.78 is 5.42. The van der Waals surface area contributed by atoms with E-state index in [4.69, 9.17) is 10.5 Å². The maximum Gasteiger partial charge on any atom is 0.323 e. The van der Waals surface area contributed by atoms with Crippen molar-refractivity contribution in [2.24, 2.45) is 0 Å². The molecular formula is C12H22N6O. The molecule has 1 aromatic heterocycles. The molecule has 106 valence electrons. The van der Waals surface area contributed by atoms with Gasteiger partial charge in [0.25, 0.3) is 0 Å². The van der Waals surface area contributed by atoms with Crippen LogP contribution >= 0.6 is 0 Å². The lowest BCUT2D eigenvalue weighted by Crippen LogP contribution is -2.27. The number of nitrogens with two attached hydrogens (primary N) is 1. The summed E-state index contributed by atoms with van der Waals surface area (Å²) in [6, 6.07) is 1.02. The van der Waals surface area contributed by atoms with Gasteiger partial charge in [-0.25, -0.2) is 0 Å². The Morgan fingerprint density at radius 3 is 2.74 bits per heavy atom. The van der Waals surface area contributed by atoms with Crippen LogP contribution in [0.2, 0.25) is 0 Å². The average molecular weight is 266 g/mol. The van der Waals surface area contributed by atoms with Crippen LogP contribution in [0.1, 0.15) is 26.7 Å². The first-order valence-electron chi connectivity index (χ1n) is 6.67. The number of hydrogen-bond acceptors (Lipinski definition) is 7. The van der Waals surface area contributed by atoms with Gasteiger partial charge in [-0.15, -0.1) is 0 Å². The number of rotatable bonds is 7. The molecule has 7 nitrogen and oxygen atoms in total. The number of ether oxygens (including phenoxy) is 1. The van der Waals surface area contributed by atoms with Gasteiger partial charge in [0.2, 0.25) is 11.9 Å². The molecule has 2 rings (SSSR count). The van der Waals surface area contributed by atoms with Crippen LogP contribution in [-0.4, -0.2) is 52.1 Å². The lowest BCUT2D eigenvalue weighted by Gasteiger charge is -2.16. The lowest BCUT2D eigenvalue weighted by molar-refractivity contribution is 0.222. The van der Waals surface area contributed by atoms with E-state index in [9.17, 15) is 0 Å².